The van der Waals surface area contributed by atoms with Gasteiger partial charge in [-0.05, 0) is 18.9 Å². The number of non-ortho nitro benzene ring substituents is 1. The van der Waals surface area contributed by atoms with Crippen molar-refractivity contribution >= 4 is 23.3 Å². The van der Waals surface area contributed by atoms with Gasteiger partial charge in [0.05, 0.1) is 16.2 Å². The number of nitro groups is 1. The maximum Gasteiger partial charge on any atom is 0.340 e. The Morgan fingerprint density at radius 2 is 1.79 bits per heavy atom. The second-order valence-electron chi connectivity index (χ2n) is 5.75. The molecule has 0 atom stereocenters. The Morgan fingerprint density at radius 1 is 1.17 bits per heavy atom. The SMILES string of the molecule is Nc1cc([N+](=O)[O-])ccc1C(=O)OCC(=O)N1CCCCCCC1. The van der Waals surface area contributed by atoms with Crippen molar-refractivity contribution in [1.29, 1.82) is 0 Å². The van der Waals surface area contributed by atoms with Gasteiger partial charge in [0.15, 0.2) is 6.61 Å². The van der Waals surface area contributed by atoms with Crippen molar-refractivity contribution in [3.05, 3.63) is 33.9 Å². The molecule has 0 radical (unpaired) electrons. The van der Waals surface area contributed by atoms with E-state index in [0.717, 1.165) is 31.7 Å². The van der Waals surface area contributed by atoms with Crippen molar-refractivity contribution in [2.45, 2.75) is 32.1 Å². The molecule has 0 saturated carbocycles. The Morgan fingerprint density at radius 3 is 2.38 bits per heavy atom. The molecule has 8 nitrogen and oxygen atoms in total. The van der Waals surface area contributed by atoms with Crippen molar-refractivity contribution in [3.63, 3.8) is 0 Å². The van der Waals surface area contributed by atoms with Gasteiger partial charge in [0.1, 0.15) is 0 Å². The van der Waals surface area contributed by atoms with Crippen LogP contribution in [-0.2, 0) is 9.53 Å². The molecular weight excluding hydrogens is 314 g/mol. The Bertz CT molecular complexity index is 624. The van der Waals surface area contributed by atoms with Crippen molar-refractivity contribution in [1.82, 2.24) is 4.90 Å². The first-order chi connectivity index (χ1) is 11.5. The highest BCUT2D eigenvalue weighted by Gasteiger charge is 2.19. The molecule has 130 valence electrons. The van der Waals surface area contributed by atoms with E-state index < -0.39 is 10.9 Å². The van der Waals surface area contributed by atoms with Crippen molar-refractivity contribution in [2.24, 2.45) is 0 Å². The fourth-order valence-electron chi connectivity index (χ4n) is 2.64. The topological polar surface area (TPSA) is 116 Å². The van der Waals surface area contributed by atoms with E-state index in [9.17, 15) is 19.7 Å². The molecule has 1 aromatic carbocycles. The standard InChI is InChI=1S/C16H21N3O5/c17-14-10-12(19(22)23)6-7-13(14)16(21)24-11-15(20)18-8-4-2-1-3-5-9-18/h6-7,10H,1-5,8-9,11,17H2. The molecule has 1 amide bonds. The summed E-state index contributed by atoms with van der Waals surface area (Å²) in [6.07, 6.45) is 5.30. The third kappa shape index (κ3) is 4.68. The van der Waals surface area contributed by atoms with Gasteiger partial charge in [-0.3, -0.25) is 14.9 Å². The highest BCUT2D eigenvalue weighted by atomic mass is 16.6. The number of nitro benzene ring substituents is 1. The van der Waals surface area contributed by atoms with E-state index in [4.69, 9.17) is 10.5 Å². The lowest BCUT2D eigenvalue weighted by molar-refractivity contribution is -0.384. The van der Waals surface area contributed by atoms with E-state index in [2.05, 4.69) is 0 Å². The van der Waals surface area contributed by atoms with E-state index in [-0.39, 0.29) is 29.5 Å². The highest BCUT2D eigenvalue weighted by molar-refractivity contribution is 5.96. The fraction of sp³-hybridized carbons (Fsp3) is 0.500. The number of nitrogens with zero attached hydrogens (tertiary/aromatic N) is 2. The van der Waals surface area contributed by atoms with Gasteiger partial charge in [0.25, 0.3) is 11.6 Å². The predicted octanol–water partition coefficient (Wildman–Crippen LogP) is 2.13. The van der Waals surface area contributed by atoms with Gasteiger partial charge in [-0.25, -0.2) is 4.79 Å². The van der Waals surface area contributed by atoms with Gasteiger partial charge in [-0.2, -0.15) is 0 Å². The summed E-state index contributed by atoms with van der Waals surface area (Å²) in [7, 11) is 0. The number of likely N-dealkylation sites (tertiary alicyclic amines) is 1. The largest absolute Gasteiger partial charge is 0.452 e. The molecule has 0 aliphatic carbocycles. The molecule has 0 unspecified atom stereocenters. The Hall–Kier alpha value is -2.64. The summed E-state index contributed by atoms with van der Waals surface area (Å²) < 4.78 is 5.02. The van der Waals surface area contributed by atoms with Crippen LogP contribution in [0.2, 0.25) is 0 Å². The molecule has 0 spiro atoms. The molecule has 0 aromatic heterocycles. The molecule has 1 heterocycles. The van der Waals surface area contributed by atoms with Crippen LogP contribution in [0.25, 0.3) is 0 Å². The van der Waals surface area contributed by atoms with Gasteiger partial charge in [-0.15, -0.1) is 0 Å². The Balaban J connectivity index is 1.92. The molecule has 24 heavy (non-hydrogen) atoms. The van der Waals surface area contributed by atoms with Gasteiger partial charge < -0.3 is 15.4 Å². The summed E-state index contributed by atoms with van der Waals surface area (Å²) in [5.74, 6) is -0.992. The summed E-state index contributed by atoms with van der Waals surface area (Å²) in [4.78, 5) is 35.9. The average Bonchev–Trinajstić information content (AvgIpc) is 2.51. The van der Waals surface area contributed by atoms with Crippen LogP contribution in [0.15, 0.2) is 18.2 Å². The maximum absolute atomic E-state index is 12.2. The number of nitrogen functional groups attached to an aromatic ring is 1. The minimum atomic E-state index is -0.761. The van der Waals surface area contributed by atoms with E-state index in [1.54, 1.807) is 4.90 Å². The van der Waals surface area contributed by atoms with E-state index in [1.165, 1.54) is 18.6 Å². The summed E-state index contributed by atoms with van der Waals surface area (Å²) in [5, 5.41) is 10.7. The van der Waals surface area contributed by atoms with E-state index in [1.807, 2.05) is 0 Å². The number of benzene rings is 1. The number of anilines is 1. The molecule has 8 heteroatoms. The molecule has 1 aliphatic heterocycles. The predicted molar refractivity (Wildman–Crippen MR) is 87.5 cm³/mol. The summed E-state index contributed by atoms with van der Waals surface area (Å²) >= 11 is 0. The smallest absolute Gasteiger partial charge is 0.340 e. The molecule has 2 N–H and O–H groups in total. The summed E-state index contributed by atoms with van der Waals surface area (Å²) in [5.41, 5.74) is 5.41. The molecule has 1 aliphatic rings. The van der Waals surface area contributed by atoms with Crippen LogP contribution in [0.3, 0.4) is 0 Å². The first-order valence-electron chi connectivity index (χ1n) is 7.98. The third-order valence-electron chi connectivity index (χ3n) is 4.00. The maximum atomic E-state index is 12.2. The van der Waals surface area contributed by atoms with Crippen LogP contribution in [0.4, 0.5) is 11.4 Å². The lowest BCUT2D eigenvalue weighted by atomic mass is 10.1. The Kier molecular flexibility index (Phi) is 6.11. The number of ether oxygens (including phenoxy) is 1. The molecule has 2 rings (SSSR count). The van der Waals surface area contributed by atoms with Crippen LogP contribution in [0.1, 0.15) is 42.5 Å². The lowest BCUT2D eigenvalue weighted by Gasteiger charge is -2.24. The molecule has 0 bridgehead atoms. The summed E-state index contributed by atoms with van der Waals surface area (Å²) in [6, 6.07) is 3.50. The van der Waals surface area contributed by atoms with Crippen molar-refractivity contribution in [2.75, 3.05) is 25.4 Å². The number of carbonyl (C=O) groups excluding carboxylic acids is 2. The average molecular weight is 335 g/mol. The van der Waals surface area contributed by atoms with Crippen LogP contribution in [-0.4, -0.2) is 41.4 Å². The van der Waals surface area contributed by atoms with Crippen LogP contribution < -0.4 is 5.73 Å². The quantitative estimate of drug-likeness (QED) is 0.390. The summed E-state index contributed by atoms with van der Waals surface area (Å²) in [6.45, 7) is 1.00. The Labute approximate surface area is 139 Å². The first kappa shape index (κ1) is 17.7. The van der Waals surface area contributed by atoms with Gasteiger partial charge in [-0.1, -0.05) is 19.3 Å². The van der Waals surface area contributed by atoms with Crippen LogP contribution in [0, 0.1) is 10.1 Å². The second-order valence-corrected chi connectivity index (χ2v) is 5.75. The van der Waals surface area contributed by atoms with Crippen LogP contribution in [0.5, 0.6) is 0 Å². The number of esters is 1. The van der Waals surface area contributed by atoms with Crippen molar-refractivity contribution in [3.8, 4) is 0 Å². The lowest BCUT2D eigenvalue weighted by Crippen LogP contribution is -2.37. The molecule has 1 aromatic rings. The van der Waals surface area contributed by atoms with Crippen molar-refractivity contribution < 1.29 is 19.2 Å². The van der Waals surface area contributed by atoms with E-state index >= 15 is 0 Å². The number of rotatable bonds is 4. The number of amides is 1. The van der Waals surface area contributed by atoms with Crippen LogP contribution >= 0.6 is 0 Å². The fourth-order valence-corrected chi connectivity index (χ4v) is 2.64. The third-order valence-corrected chi connectivity index (χ3v) is 4.00. The number of nitrogens with two attached hydrogens (primary N) is 1. The molecule has 1 saturated heterocycles. The number of hydrogen-bond acceptors (Lipinski definition) is 6. The van der Waals surface area contributed by atoms with Gasteiger partial charge in [0, 0.05) is 25.2 Å². The van der Waals surface area contributed by atoms with E-state index in [0.29, 0.717) is 13.1 Å². The van der Waals surface area contributed by atoms with Gasteiger partial charge in [0.2, 0.25) is 0 Å². The monoisotopic (exact) mass is 335 g/mol. The number of hydrogen-bond donors (Lipinski definition) is 1. The minimum absolute atomic E-state index is 0.0149. The number of carbonyl (C=O) groups is 2. The highest BCUT2D eigenvalue weighted by Crippen LogP contribution is 2.20. The minimum Gasteiger partial charge on any atom is -0.452 e. The molecular formula is C16H21N3O5. The van der Waals surface area contributed by atoms with Gasteiger partial charge >= 0.3 is 5.97 Å². The zero-order valence-corrected chi connectivity index (χ0v) is 13.4. The zero-order chi connectivity index (χ0) is 17.5. The first-order valence-corrected chi connectivity index (χ1v) is 7.98. The normalized spacial score (nSPS) is 15.2. The second kappa shape index (κ2) is 8.28. The zero-order valence-electron chi connectivity index (χ0n) is 13.4. The molecule has 1 fully saturated rings.